The summed E-state index contributed by atoms with van der Waals surface area (Å²) in [4.78, 5) is 4.32. The lowest BCUT2D eigenvalue weighted by atomic mass is 10.1. The molecule has 15 heavy (non-hydrogen) atoms. The van der Waals surface area contributed by atoms with Crippen molar-refractivity contribution in [2.45, 2.75) is 32.7 Å². The van der Waals surface area contributed by atoms with E-state index in [-0.39, 0.29) is 0 Å². The van der Waals surface area contributed by atoms with Crippen LogP contribution in [0.25, 0.3) is 0 Å². The van der Waals surface area contributed by atoms with Gasteiger partial charge in [-0.05, 0) is 40.9 Å². The van der Waals surface area contributed by atoms with Crippen LogP contribution >= 0.6 is 15.9 Å². The molecular weight excluding hydrogens is 252 g/mol. The van der Waals surface area contributed by atoms with E-state index >= 15 is 0 Å². The molecule has 80 valence electrons. The number of aromatic nitrogens is 1. The van der Waals surface area contributed by atoms with E-state index < -0.39 is 0 Å². The number of anilines is 1. The molecule has 0 spiro atoms. The first kappa shape index (κ1) is 12.1. The second-order valence-electron chi connectivity index (χ2n) is 3.50. The minimum Gasteiger partial charge on any atom is -0.365 e. The van der Waals surface area contributed by atoms with Gasteiger partial charge in [-0.25, -0.2) is 4.98 Å². The van der Waals surface area contributed by atoms with E-state index in [0.29, 0.717) is 6.04 Å². The van der Waals surface area contributed by atoms with Crippen molar-refractivity contribution in [3.8, 4) is 12.3 Å². The van der Waals surface area contributed by atoms with Crippen LogP contribution in [-0.4, -0.2) is 11.0 Å². The molecule has 0 saturated heterocycles. The van der Waals surface area contributed by atoms with E-state index in [0.717, 1.165) is 28.7 Å². The molecule has 0 saturated carbocycles. The van der Waals surface area contributed by atoms with Crippen molar-refractivity contribution < 1.29 is 0 Å². The predicted molar refractivity (Wildman–Crippen MR) is 67.8 cm³/mol. The van der Waals surface area contributed by atoms with Gasteiger partial charge in [-0.15, -0.1) is 12.3 Å². The van der Waals surface area contributed by atoms with Gasteiger partial charge in [-0.2, -0.15) is 0 Å². The van der Waals surface area contributed by atoms with Crippen molar-refractivity contribution in [2.24, 2.45) is 0 Å². The number of halogens is 1. The maximum absolute atomic E-state index is 5.30. The number of hydrogen-bond donors (Lipinski definition) is 1. The van der Waals surface area contributed by atoms with Gasteiger partial charge in [0.05, 0.1) is 4.47 Å². The summed E-state index contributed by atoms with van der Waals surface area (Å²) in [7, 11) is 0. The summed E-state index contributed by atoms with van der Waals surface area (Å²) in [5.41, 5.74) is 1.14. The highest BCUT2D eigenvalue weighted by Crippen LogP contribution is 2.22. The van der Waals surface area contributed by atoms with Crippen LogP contribution in [0.4, 0.5) is 5.82 Å². The Kier molecular flexibility index (Phi) is 4.64. The van der Waals surface area contributed by atoms with Crippen molar-refractivity contribution in [1.82, 2.24) is 4.98 Å². The lowest BCUT2D eigenvalue weighted by molar-refractivity contribution is 0.711. The Morgan fingerprint density at radius 1 is 1.67 bits per heavy atom. The van der Waals surface area contributed by atoms with Gasteiger partial charge in [-0.3, -0.25) is 0 Å². The molecule has 1 aromatic rings. The van der Waals surface area contributed by atoms with Crippen LogP contribution in [0, 0.1) is 19.3 Å². The topological polar surface area (TPSA) is 24.9 Å². The van der Waals surface area contributed by atoms with E-state index in [1.165, 1.54) is 0 Å². The smallest absolute Gasteiger partial charge is 0.140 e. The Bertz CT molecular complexity index is 368. The summed E-state index contributed by atoms with van der Waals surface area (Å²) in [5.74, 6) is 3.53. The summed E-state index contributed by atoms with van der Waals surface area (Å²) >= 11 is 3.48. The lowest BCUT2D eigenvalue weighted by Gasteiger charge is -2.16. The average Bonchev–Trinajstić information content (AvgIpc) is 2.21. The lowest BCUT2D eigenvalue weighted by Crippen LogP contribution is -2.18. The Balaban J connectivity index is 2.75. The Hall–Kier alpha value is -1.01. The number of pyridine rings is 1. The Morgan fingerprint density at radius 2 is 2.40 bits per heavy atom. The van der Waals surface area contributed by atoms with Gasteiger partial charge in [-0.1, -0.05) is 6.92 Å². The van der Waals surface area contributed by atoms with Gasteiger partial charge in [0.1, 0.15) is 5.82 Å². The third-order valence-corrected chi connectivity index (χ3v) is 2.78. The number of nitrogens with zero attached hydrogens (tertiary/aromatic N) is 1. The zero-order valence-corrected chi connectivity index (χ0v) is 10.6. The molecule has 0 aliphatic heterocycles. The molecule has 1 heterocycles. The molecule has 0 radical (unpaired) electrons. The number of terminal acetylenes is 1. The molecule has 0 aliphatic rings. The van der Waals surface area contributed by atoms with Crippen LogP contribution in [0.5, 0.6) is 0 Å². The second-order valence-corrected chi connectivity index (χ2v) is 4.36. The number of hydrogen-bond acceptors (Lipinski definition) is 2. The van der Waals surface area contributed by atoms with Gasteiger partial charge < -0.3 is 5.32 Å². The molecule has 0 amide bonds. The quantitative estimate of drug-likeness (QED) is 0.846. The summed E-state index contributed by atoms with van der Waals surface area (Å²) in [6.45, 7) is 4.12. The Labute approximate surface area is 99.6 Å². The van der Waals surface area contributed by atoms with Crippen LogP contribution in [-0.2, 0) is 0 Å². The number of rotatable bonds is 4. The van der Waals surface area contributed by atoms with Crippen molar-refractivity contribution in [1.29, 1.82) is 0 Å². The fraction of sp³-hybridized carbons (Fsp3) is 0.417. The number of nitrogens with one attached hydrogen (secondary N) is 1. The maximum Gasteiger partial charge on any atom is 0.140 e. The molecule has 0 fully saturated rings. The molecule has 3 heteroatoms. The normalized spacial score (nSPS) is 11.9. The fourth-order valence-electron chi connectivity index (χ4n) is 1.27. The first-order valence-corrected chi connectivity index (χ1v) is 5.78. The molecular formula is C12H15BrN2. The molecule has 1 rings (SSSR count). The summed E-state index contributed by atoms with van der Waals surface area (Å²) in [6, 6.07) is 2.33. The Morgan fingerprint density at radius 3 is 2.93 bits per heavy atom. The SMILES string of the molecule is C#CCC(CC)Nc1ncc(C)cc1Br. The molecule has 1 unspecified atom stereocenters. The molecule has 0 aromatic carbocycles. The van der Waals surface area contributed by atoms with Crippen LogP contribution in [0.3, 0.4) is 0 Å². The van der Waals surface area contributed by atoms with Crippen molar-refractivity contribution >= 4 is 21.7 Å². The minimum absolute atomic E-state index is 0.293. The highest BCUT2D eigenvalue weighted by Gasteiger charge is 2.07. The van der Waals surface area contributed by atoms with E-state index in [9.17, 15) is 0 Å². The molecule has 1 atom stereocenters. The monoisotopic (exact) mass is 266 g/mol. The number of aryl methyl sites for hydroxylation is 1. The van der Waals surface area contributed by atoms with E-state index in [1.807, 2.05) is 19.2 Å². The van der Waals surface area contributed by atoms with Crippen LogP contribution in [0.15, 0.2) is 16.7 Å². The van der Waals surface area contributed by atoms with Crippen LogP contribution in [0.2, 0.25) is 0 Å². The first-order valence-electron chi connectivity index (χ1n) is 4.99. The van der Waals surface area contributed by atoms with Crippen molar-refractivity contribution in [3.63, 3.8) is 0 Å². The molecule has 0 bridgehead atoms. The molecule has 0 aliphatic carbocycles. The third-order valence-electron chi connectivity index (χ3n) is 2.18. The van der Waals surface area contributed by atoms with Gasteiger partial charge in [0.2, 0.25) is 0 Å². The second kappa shape index (κ2) is 5.77. The first-order chi connectivity index (χ1) is 7.17. The van der Waals surface area contributed by atoms with Gasteiger partial charge >= 0.3 is 0 Å². The van der Waals surface area contributed by atoms with Crippen molar-refractivity contribution in [3.05, 3.63) is 22.3 Å². The van der Waals surface area contributed by atoms with E-state index in [1.54, 1.807) is 0 Å². The van der Waals surface area contributed by atoms with Crippen LogP contribution in [0.1, 0.15) is 25.3 Å². The standard InChI is InChI=1S/C12H15BrN2/c1-4-6-10(5-2)15-12-11(13)7-9(3)8-14-12/h1,7-8,10H,5-6H2,2-3H3,(H,14,15). The minimum atomic E-state index is 0.293. The van der Waals surface area contributed by atoms with Gasteiger partial charge in [0, 0.05) is 18.7 Å². The summed E-state index contributed by atoms with van der Waals surface area (Å²) < 4.78 is 0.984. The largest absolute Gasteiger partial charge is 0.365 e. The molecule has 2 nitrogen and oxygen atoms in total. The third kappa shape index (κ3) is 3.56. The molecule has 1 aromatic heterocycles. The van der Waals surface area contributed by atoms with Crippen molar-refractivity contribution in [2.75, 3.05) is 5.32 Å². The van der Waals surface area contributed by atoms with E-state index in [4.69, 9.17) is 6.42 Å². The highest BCUT2D eigenvalue weighted by molar-refractivity contribution is 9.10. The molecule has 1 N–H and O–H groups in total. The van der Waals surface area contributed by atoms with Crippen LogP contribution < -0.4 is 5.32 Å². The summed E-state index contributed by atoms with van der Waals surface area (Å²) in [5, 5.41) is 3.32. The highest BCUT2D eigenvalue weighted by atomic mass is 79.9. The predicted octanol–water partition coefficient (Wildman–Crippen LogP) is 3.37. The van der Waals surface area contributed by atoms with Gasteiger partial charge in [0.15, 0.2) is 0 Å². The van der Waals surface area contributed by atoms with E-state index in [2.05, 4.69) is 39.1 Å². The zero-order chi connectivity index (χ0) is 11.3. The average molecular weight is 267 g/mol. The maximum atomic E-state index is 5.30. The summed E-state index contributed by atoms with van der Waals surface area (Å²) in [6.07, 6.45) is 8.85. The zero-order valence-electron chi connectivity index (χ0n) is 9.05. The van der Waals surface area contributed by atoms with Gasteiger partial charge in [0.25, 0.3) is 0 Å². The fourth-order valence-corrected chi connectivity index (χ4v) is 1.85.